The second-order valence-corrected chi connectivity index (χ2v) is 8.85. The second kappa shape index (κ2) is 11.2. The van der Waals surface area contributed by atoms with Gasteiger partial charge in [-0.3, -0.25) is 0 Å². The van der Waals surface area contributed by atoms with Crippen molar-refractivity contribution >= 4 is 85.6 Å². The van der Waals surface area contributed by atoms with Gasteiger partial charge in [-0.1, -0.05) is 34.8 Å². The van der Waals surface area contributed by atoms with Crippen molar-refractivity contribution in [2.75, 3.05) is 31.2 Å². The molecular weight excluding hydrogens is 528 g/mol. The number of rotatable bonds is 3. The fourth-order valence-corrected chi connectivity index (χ4v) is 4.21. The van der Waals surface area contributed by atoms with E-state index in [1.807, 2.05) is 18.2 Å². The lowest BCUT2D eigenvalue weighted by atomic mass is 10.2. The zero-order valence-electron chi connectivity index (χ0n) is 17.2. The van der Waals surface area contributed by atoms with E-state index in [4.69, 9.17) is 62.7 Å². The lowest BCUT2D eigenvalue weighted by Gasteiger charge is -2.28. The van der Waals surface area contributed by atoms with E-state index in [0.717, 1.165) is 40.7 Å². The molecule has 6 nitrogen and oxygen atoms in total. The Balaban J connectivity index is 0.000000165. The van der Waals surface area contributed by atoms with E-state index in [-0.39, 0.29) is 5.88 Å². The summed E-state index contributed by atoms with van der Waals surface area (Å²) in [7, 11) is 0. The number of alkyl halides is 2. The minimum absolute atomic E-state index is 0.248. The van der Waals surface area contributed by atoms with Crippen LogP contribution in [0.25, 0.3) is 21.8 Å². The van der Waals surface area contributed by atoms with Crippen LogP contribution in [-0.2, 0) is 16.5 Å². The fourth-order valence-electron chi connectivity index (χ4n) is 3.38. The predicted octanol–water partition coefficient (Wildman–Crippen LogP) is 6.53. The van der Waals surface area contributed by atoms with Crippen molar-refractivity contribution in [1.82, 2.24) is 19.9 Å². The molecule has 0 saturated carbocycles. The zero-order valence-corrected chi connectivity index (χ0v) is 21.0. The lowest BCUT2D eigenvalue weighted by molar-refractivity contribution is 0.122. The number of nitrogens with zero attached hydrogens (tertiary/aromatic N) is 5. The summed E-state index contributed by atoms with van der Waals surface area (Å²) in [5, 5.41) is 3.38. The Hall–Kier alpha value is -1.67. The number of ether oxygens (including phenoxy) is 1. The summed E-state index contributed by atoms with van der Waals surface area (Å²) >= 11 is 29.3. The molecule has 172 valence electrons. The van der Waals surface area contributed by atoms with Crippen LogP contribution in [0.15, 0.2) is 36.4 Å². The third kappa shape index (κ3) is 5.88. The number of benzene rings is 2. The first-order valence-corrected chi connectivity index (χ1v) is 12.2. The van der Waals surface area contributed by atoms with Crippen LogP contribution in [0.4, 0.5) is 5.82 Å². The van der Waals surface area contributed by atoms with E-state index >= 15 is 0 Å². The van der Waals surface area contributed by atoms with Crippen LogP contribution in [0, 0.1) is 0 Å². The van der Waals surface area contributed by atoms with Crippen molar-refractivity contribution in [3.05, 3.63) is 63.2 Å². The monoisotopic (exact) mass is 543 g/mol. The first-order chi connectivity index (χ1) is 16.0. The first-order valence-electron chi connectivity index (χ1n) is 10.0. The molecule has 1 fully saturated rings. The third-order valence-electron chi connectivity index (χ3n) is 4.89. The maximum absolute atomic E-state index is 6.08. The van der Waals surface area contributed by atoms with Crippen LogP contribution in [0.5, 0.6) is 0 Å². The fraction of sp³-hybridized carbons (Fsp3) is 0.273. The minimum Gasteiger partial charge on any atom is -0.378 e. The smallest absolute Gasteiger partial charge is 0.146 e. The number of hydrogen-bond donors (Lipinski definition) is 0. The van der Waals surface area contributed by atoms with Gasteiger partial charge >= 0.3 is 0 Å². The molecule has 0 bridgehead atoms. The Morgan fingerprint density at radius 1 is 0.727 bits per heavy atom. The van der Waals surface area contributed by atoms with Gasteiger partial charge in [0, 0.05) is 33.9 Å². The second-order valence-electron chi connectivity index (χ2n) is 7.08. The number of halogens is 5. The summed E-state index contributed by atoms with van der Waals surface area (Å²) in [4.78, 5) is 19.4. The van der Waals surface area contributed by atoms with Crippen LogP contribution in [-0.4, -0.2) is 46.2 Å². The molecule has 1 saturated heterocycles. The average Bonchev–Trinajstić information content (AvgIpc) is 2.84. The molecule has 0 aliphatic carbocycles. The van der Waals surface area contributed by atoms with E-state index in [1.54, 1.807) is 18.2 Å². The van der Waals surface area contributed by atoms with Gasteiger partial charge in [-0.05, 0) is 36.4 Å². The van der Waals surface area contributed by atoms with E-state index in [1.165, 1.54) is 0 Å². The van der Waals surface area contributed by atoms with Gasteiger partial charge in [0.2, 0.25) is 0 Å². The summed E-state index contributed by atoms with van der Waals surface area (Å²) in [5.74, 6) is 2.60. The topological polar surface area (TPSA) is 64.0 Å². The highest BCUT2D eigenvalue weighted by atomic mass is 35.5. The molecule has 0 amide bonds. The largest absolute Gasteiger partial charge is 0.378 e. The summed E-state index contributed by atoms with van der Waals surface area (Å²) in [6, 6.07) is 10.9. The van der Waals surface area contributed by atoms with Crippen molar-refractivity contribution in [2.45, 2.75) is 11.8 Å². The standard InChI is InChI=1S/C13H13Cl2N3O.C9H5Cl3N2/c14-8-12-16-11-2-1-9(15)7-10(11)13(17-12)18-3-5-19-6-4-18;10-4-8-13-7-2-1-5(11)3-6(7)9(12)14-8/h1-2,7H,3-6,8H2;1-3H,4H2. The molecule has 0 unspecified atom stereocenters. The average molecular weight is 546 g/mol. The molecule has 0 N–H and O–H groups in total. The number of fused-ring (bicyclic) bond motifs is 2. The van der Waals surface area contributed by atoms with Gasteiger partial charge in [0.1, 0.15) is 22.6 Å². The molecule has 0 spiro atoms. The Morgan fingerprint density at radius 3 is 1.88 bits per heavy atom. The maximum atomic E-state index is 6.08. The molecular formula is C22H18Cl5N5O. The Bertz CT molecular complexity index is 1280. The lowest BCUT2D eigenvalue weighted by Crippen LogP contribution is -2.37. The molecule has 4 aromatic rings. The van der Waals surface area contributed by atoms with Crippen molar-refractivity contribution in [3.63, 3.8) is 0 Å². The van der Waals surface area contributed by atoms with Crippen molar-refractivity contribution < 1.29 is 4.74 Å². The van der Waals surface area contributed by atoms with E-state index in [9.17, 15) is 0 Å². The molecule has 0 atom stereocenters. The highest BCUT2D eigenvalue weighted by Crippen LogP contribution is 2.28. The highest BCUT2D eigenvalue weighted by molar-refractivity contribution is 6.35. The normalized spacial score (nSPS) is 13.8. The Labute approximate surface area is 215 Å². The third-order valence-corrected chi connectivity index (χ3v) is 6.13. The van der Waals surface area contributed by atoms with Gasteiger partial charge in [0.05, 0.1) is 36.0 Å². The van der Waals surface area contributed by atoms with E-state index < -0.39 is 0 Å². The molecule has 5 rings (SSSR count). The van der Waals surface area contributed by atoms with Crippen LogP contribution in [0.3, 0.4) is 0 Å². The van der Waals surface area contributed by atoms with E-state index in [2.05, 4.69) is 24.8 Å². The minimum atomic E-state index is 0.248. The molecule has 2 aromatic carbocycles. The molecule has 33 heavy (non-hydrogen) atoms. The van der Waals surface area contributed by atoms with Gasteiger partial charge in [-0.2, -0.15) is 0 Å². The zero-order chi connectivity index (χ0) is 23.4. The molecule has 2 aromatic heterocycles. The molecule has 11 heteroatoms. The Kier molecular flexibility index (Phi) is 8.28. The van der Waals surface area contributed by atoms with Gasteiger partial charge in [-0.15, -0.1) is 23.2 Å². The van der Waals surface area contributed by atoms with Crippen LogP contribution in [0.1, 0.15) is 11.6 Å². The van der Waals surface area contributed by atoms with Crippen molar-refractivity contribution in [3.8, 4) is 0 Å². The maximum Gasteiger partial charge on any atom is 0.146 e. The van der Waals surface area contributed by atoms with Gasteiger partial charge < -0.3 is 9.64 Å². The molecule has 1 aliphatic heterocycles. The summed E-state index contributed by atoms with van der Waals surface area (Å²) < 4.78 is 5.38. The van der Waals surface area contributed by atoms with Crippen LogP contribution < -0.4 is 4.90 Å². The Morgan fingerprint density at radius 2 is 1.27 bits per heavy atom. The summed E-state index contributed by atoms with van der Waals surface area (Å²) in [6.07, 6.45) is 0. The number of anilines is 1. The summed E-state index contributed by atoms with van der Waals surface area (Å²) in [6.45, 7) is 3.06. The van der Waals surface area contributed by atoms with Crippen molar-refractivity contribution in [1.29, 1.82) is 0 Å². The van der Waals surface area contributed by atoms with Gasteiger partial charge in [-0.25, -0.2) is 19.9 Å². The van der Waals surface area contributed by atoms with Gasteiger partial charge in [0.15, 0.2) is 0 Å². The highest BCUT2D eigenvalue weighted by Gasteiger charge is 2.17. The number of morpholine rings is 1. The van der Waals surface area contributed by atoms with Crippen LogP contribution in [0.2, 0.25) is 15.2 Å². The summed E-state index contributed by atoms with van der Waals surface area (Å²) in [5.41, 5.74) is 1.63. The number of hydrogen-bond acceptors (Lipinski definition) is 6. The predicted molar refractivity (Wildman–Crippen MR) is 136 cm³/mol. The molecule has 3 heterocycles. The van der Waals surface area contributed by atoms with E-state index in [0.29, 0.717) is 45.9 Å². The van der Waals surface area contributed by atoms with Gasteiger partial charge in [0.25, 0.3) is 0 Å². The van der Waals surface area contributed by atoms with Crippen LogP contribution >= 0.6 is 58.0 Å². The molecule has 1 aliphatic rings. The molecule has 0 radical (unpaired) electrons. The first kappa shape index (κ1) is 24.5. The number of aromatic nitrogens is 4. The quantitative estimate of drug-likeness (QED) is 0.215. The SMILES string of the molecule is ClCc1nc(Cl)c2cc(Cl)ccc2n1.ClCc1nc(N2CCOCC2)c2cc(Cl)ccc2n1. The van der Waals surface area contributed by atoms with Crippen molar-refractivity contribution in [2.24, 2.45) is 0 Å².